The number of rotatable bonds is 8. The Balaban J connectivity index is 2.33. The highest BCUT2D eigenvalue weighted by atomic mass is 32.2. The number of aromatic nitrogens is 2. The van der Waals surface area contributed by atoms with Crippen molar-refractivity contribution in [1.29, 1.82) is 0 Å². The summed E-state index contributed by atoms with van der Waals surface area (Å²) in [6, 6.07) is 2.44. The van der Waals surface area contributed by atoms with Crippen molar-refractivity contribution >= 4 is 10.8 Å². The van der Waals surface area contributed by atoms with E-state index in [2.05, 4.69) is 24.3 Å². The van der Waals surface area contributed by atoms with E-state index in [0.717, 1.165) is 31.7 Å². The maximum atomic E-state index is 11.0. The average Bonchev–Trinajstić information content (AvgIpc) is 2.71. The Bertz CT molecular complexity index is 351. The van der Waals surface area contributed by atoms with Crippen LogP contribution in [0.25, 0.3) is 0 Å². The molecule has 0 saturated carbocycles. The van der Waals surface area contributed by atoms with Crippen LogP contribution in [0.2, 0.25) is 0 Å². The molecule has 1 aromatic rings. The molecule has 98 valence electrons. The van der Waals surface area contributed by atoms with Crippen LogP contribution in [-0.4, -0.2) is 32.0 Å². The molecule has 2 unspecified atom stereocenters. The lowest BCUT2D eigenvalue weighted by Crippen LogP contribution is -2.28. The predicted molar refractivity (Wildman–Crippen MR) is 72.4 cm³/mol. The zero-order valence-corrected chi connectivity index (χ0v) is 11.8. The molecular formula is C12H23N3OS. The molecule has 1 aromatic heterocycles. The molecule has 5 heteroatoms. The third kappa shape index (κ3) is 5.46. The van der Waals surface area contributed by atoms with Crippen molar-refractivity contribution in [2.75, 3.05) is 12.0 Å². The van der Waals surface area contributed by atoms with Gasteiger partial charge in [-0.05, 0) is 25.8 Å². The molecule has 0 amide bonds. The van der Waals surface area contributed by atoms with Crippen LogP contribution in [-0.2, 0) is 23.9 Å². The van der Waals surface area contributed by atoms with E-state index < -0.39 is 10.8 Å². The van der Waals surface area contributed by atoms with Gasteiger partial charge in [0, 0.05) is 48.1 Å². The van der Waals surface area contributed by atoms with Crippen LogP contribution in [0.4, 0.5) is 0 Å². The molecule has 1 rings (SSSR count). The standard InChI is InChI=1S/C12H23N3OS/c1-4-8-15-12(5-7-14-15)10-13-11(2)6-9-17(3)16/h5,7,11,13H,4,6,8-10H2,1-3H3. The summed E-state index contributed by atoms with van der Waals surface area (Å²) in [6.45, 7) is 6.08. The highest BCUT2D eigenvalue weighted by Crippen LogP contribution is 2.01. The first-order chi connectivity index (χ1) is 8.13. The molecule has 0 spiro atoms. The van der Waals surface area contributed by atoms with Crippen LogP contribution in [0.15, 0.2) is 12.3 Å². The van der Waals surface area contributed by atoms with Crippen LogP contribution in [0, 0.1) is 0 Å². The van der Waals surface area contributed by atoms with Crippen molar-refractivity contribution < 1.29 is 4.21 Å². The van der Waals surface area contributed by atoms with Gasteiger partial charge >= 0.3 is 0 Å². The summed E-state index contributed by atoms with van der Waals surface area (Å²) in [7, 11) is -0.691. The van der Waals surface area contributed by atoms with Crippen LogP contribution in [0.5, 0.6) is 0 Å². The first kappa shape index (κ1) is 14.4. The number of hydrogen-bond donors (Lipinski definition) is 1. The Morgan fingerprint density at radius 2 is 2.35 bits per heavy atom. The molecule has 0 aliphatic carbocycles. The largest absolute Gasteiger partial charge is 0.309 e. The molecule has 0 bridgehead atoms. The van der Waals surface area contributed by atoms with Crippen LogP contribution in [0.1, 0.15) is 32.4 Å². The minimum absolute atomic E-state index is 0.392. The van der Waals surface area contributed by atoms with E-state index >= 15 is 0 Å². The molecule has 17 heavy (non-hydrogen) atoms. The third-order valence-electron chi connectivity index (χ3n) is 2.71. The number of hydrogen-bond acceptors (Lipinski definition) is 3. The highest BCUT2D eigenvalue weighted by molar-refractivity contribution is 7.84. The van der Waals surface area contributed by atoms with Crippen molar-refractivity contribution in [2.24, 2.45) is 0 Å². The second-order valence-corrected chi connectivity index (χ2v) is 5.95. The summed E-state index contributed by atoms with van der Waals surface area (Å²) in [4.78, 5) is 0. The van der Waals surface area contributed by atoms with E-state index in [1.807, 2.05) is 16.9 Å². The second-order valence-electron chi connectivity index (χ2n) is 4.39. The molecule has 1 heterocycles. The maximum absolute atomic E-state index is 11.0. The van der Waals surface area contributed by atoms with Gasteiger partial charge in [0.2, 0.25) is 0 Å². The van der Waals surface area contributed by atoms with E-state index in [0.29, 0.717) is 6.04 Å². The minimum Gasteiger partial charge on any atom is -0.309 e. The molecule has 2 atom stereocenters. The highest BCUT2D eigenvalue weighted by Gasteiger charge is 2.05. The summed E-state index contributed by atoms with van der Waals surface area (Å²) >= 11 is 0. The van der Waals surface area contributed by atoms with Gasteiger partial charge in [-0.1, -0.05) is 6.92 Å². The van der Waals surface area contributed by atoms with E-state index in [4.69, 9.17) is 0 Å². The first-order valence-corrected chi connectivity index (χ1v) is 7.90. The Kier molecular flexibility index (Phi) is 6.44. The molecule has 0 aromatic carbocycles. The van der Waals surface area contributed by atoms with Crippen molar-refractivity contribution in [3.63, 3.8) is 0 Å². The summed E-state index contributed by atoms with van der Waals surface area (Å²) in [6.07, 6.45) is 5.64. The lowest BCUT2D eigenvalue weighted by atomic mass is 10.2. The number of nitrogens with zero attached hydrogens (tertiary/aromatic N) is 2. The Labute approximate surface area is 106 Å². The topological polar surface area (TPSA) is 46.9 Å². The Morgan fingerprint density at radius 1 is 1.59 bits per heavy atom. The average molecular weight is 257 g/mol. The summed E-state index contributed by atoms with van der Waals surface area (Å²) in [5, 5.41) is 7.73. The first-order valence-electron chi connectivity index (χ1n) is 6.17. The van der Waals surface area contributed by atoms with Crippen molar-refractivity contribution in [3.8, 4) is 0 Å². The van der Waals surface area contributed by atoms with Crippen molar-refractivity contribution in [3.05, 3.63) is 18.0 Å². The van der Waals surface area contributed by atoms with Crippen molar-refractivity contribution in [1.82, 2.24) is 15.1 Å². The van der Waals surface area contributed by atoms with Crippen LogP contribution >= 0.6 is 0 Å². The molecular weight excluding hydrogens is 234 g/mol. The minimum atomic E-state index is -0.691. The van der Waals surface area contributed by atoms with Gasteiger partial charge in [0.25, 0.3) is 0 Å². The summed E-state index contributed by atoms with van der Waals surface area (Å²) in [5.74, 6) is 0.766. The van der Waals surface area contributed by atoms with E-state index in [9.17, 15) is 4.21 Å². The van der Waals surface area contributed by atoms with E-state index in [-0.39, 0.29) is 0 Å². The monoisotopic (exact) mass is 257 g/mol. The SMILES string of the molecule is CCCn1nccc1CNC(C)CCS(C)=O. The zero-order valence-electron chi connectivity index (χ0n) is 11.0. The normalized spacial score (nSPS) is 14.8. The fourth-order valence-electron chi connectivity index (χ4n) is 1.65. The van der Waals surface area contributed by atoms with Crippen LogP contribution < -0.4 is 5.32 Å². The summed E-state index contributed by atoms with van der Waals surface area (Å²) in [5.41, 5.74) is 1.22. The van der Waals surface area contributed by atoms with Gasteiger partial charge in [0.05, 0.1) is 5.69 Å². The smallest absolute Gasteiger partial charge is 0.0522 e. The molecule has 0 saturated heterocycles. The number of nitrogens with one attached hydrogen (secondary N) is 1. The van der Waals surface area contributed by atoms with Gasteiger partial charge < -0.3 is 5.32 Å². The van der Waals surface area contributed by atoms with Gasteiger partial charge in [0.1, 0.15) is 0 Å². The van der Waals surface area contributed by atoms with Gasteiger partial charge in [-0.3, -0.25) is 8.89 Å². The molecule has 0 radical (unpaired) electrons. The molecule has 0 fully saturated rings. The van der Waals surface area contributed by atoms with Gasteiger partial charge in [-0.15, -0.1) is 0 Å². The molecule has 0 aliphatic rings. The number of aryl methyl sites for hydroxylation is 1. The van der Waals surface area contributed by atoms with Crippen molar-refractivity contribution in [2.45, 2.75) is 45.8 Å². The zero-order chi connectivity index (χ0) is 12.7. The quantitative estimate of drug-likeness (QED) is 0.768. The van der Waals surface area contributed by atoms with E-state index in [1.54, 1.807) is 6.26 Å². The van der Waals surface area contributed by atoms with Gasteiger partial charge in [-0.2, -0.15) is 5.10 Å². The fourth-order valence-corrected chi connectivity index (χ4v) is 2.33. The molecule has 4 nitrogen and oxygen atoms in total. The predicted octanol–water partition coefficient (Wildman–Crippen LogP) is 1.54. The molecule has 1 N–H and O–H groups in total. The third-order valence-corrected chi connectivity index (χ3v) is 3.52. The fraction of sp³-hybridized carbons (Fsp3) is 0.750. The van der Waals surface area contributed by atoms with E-state index in [1.165, 1.54) is 5.69 Å². The van der Waals surface area contributed by atoms with Crippen LogP contribution in [0.3, 0.4) is 0 Å². The lowest BCUT2D eigenvalue weighted by molar-refractivity contribution is 0.498. The molecule has 0 aliphatic heterocycles. The lowest BCUT2D eigenvalue weighted by Gasteiger charge is -2.13. The summed E-state index contributed by atoms with van der Waals surface area (Å²) < 4.78 is 13.0. The Morgan fingerprint density at radius 3 is 3.00 bits per heavy atom. The second kappa shape index (κ2) is 7.61. The van der Waals surface area contributed by atoms with Gasteiger partial charge in [0.15, 0.2) is 0 Å². The maximum Gasteiger partial charge on any atom is 0.0522 e. The Hall–Kier alpha value is -0.680. The van der Waals surface area contributed by atoms with Gasteiger partial charge in [-0.25, -0.2) is 0 Å².